The number of aromatic amines is 1. The highest BCUT2D eigenvalue weighted by molar-refractivity contribution is 7.80. The van der Waals surface area contributed by atoms with Crippen LogP contribution in [-0.2, 0) is 11.2 Å². The van der Waals surface area contributed by atoms with Gasteiger partial charge < -0.3 is 10.3 Å². The van der Waals surface area contributed by atoms with Crippen LogP contribution in [0.25, 0.3) is 10.9 Å². The molecule has 2 N–H and O–H groups in total. The fourth-order valence-electron chi connectivity index (χ4n) is 2.54. The zero-order chi connectivity index (χ0) is 14.1. The molecule has 0 spiro atoms. The Morgan fingerprint density at radius 1 is 1.40 bits per heavy atom. The average molecular weight is 285 g/mol. The van der Waals surface area contributed by atoms with Gasteiger partial charge in [0.1, 0.15) is 6.04 Å². The fraction of sp³-hybridized carbons (Fsp3) is 0.200. The summed E-state index contributed by atoms with van der Waals surface area (Å²) in [7, 11) is 0. The molecule has 1 aromatic heterocycles. The third-order valence-electron chi connectivity index (χ3n) is 3.52. The highest BCUT2D eigenvalue weighted by atomic mass is 32.1. The van der Waals surface area contributed by atoms with E-state index >= 15 is 0 Å². The summed E-state index contributed by atoms with van der Waals surface area (Å²) in [5.41, 5.74) is 2.20. The van der Waals surface area contributed by atoms with E-state index in [9.17, 15) is 4.79 Å². The van der Waals surface area contributed by atoms with E-state index in [1.807, 2.05) is 24.4 Å². The summed E-state index contributed by atoms with van der Waals surface area (Å²) in [6.07, 6.45) is 4.26. The zero-order valence-electron chi connectivity index (χ0n) is 10.9. The van der Waals surface area contributed by atoms with E-state index in [1.165, 1.54) is 0 Å². The Morgan fingerprint density at radius 3 is 3.00 bits per heavy atom. The summed E-state index contributed by atoms with van der Waals surface area (Å²) in [5.74, 6) is 0.0141. The number of hydrogen-bond acceptors (Lipinski definition) is 2. The van der Waals surface area contributed by atoms with Crippen molar-refractivity contribution in [3.63, 3.8) is 0 Å². The molecule has 0 saturated carbocycles. The van der Waals surface area contributed by atoms with Crippen molar-refractivity contribution in [1.29, 1.82) is 0 Å². The molecule has 0 radical (unpaired) electrons. The molecule has 4 nitrogen and oxygen atoms in total. The number of carbonyl (C=O) groups excluding carboxylic acids is 1. The Morgan fingerprint density at radius 2 is 2.20 bits per heavy atom. The SMILES string of the molecule is C=CCN1C(=O)[C@@H](Cc2c[nH]c3ccccc23)NC1=S. The van der Waals surface area contributed by atoms with E-state index in [1.54, 1.807) is 11.0 Å². The van der Waals surface area contributed by atoms with E-state index in [-0.39, 0.29) is 11.9 Å². The van der Waals surface area contributed by atoms with Gasteiger partial charge in [0.05, 0.1) is 0 Å². The van der Waals surface area contributed by atoms with Gasteiger partial charge in [0.25, 0.3) is 5.91 Å². The standard InChI is InChI=1S/C15H15N3OS/c1-2-7-18-14(19)13(17-15(18)20)8-10-9-16-12-6-4-3-5-11(10)12/h2-6,9,13,16H,1,7-8H2,(H,17,20)/t13-/m1/s1. The van der Waals surface area contributed by atoms with Crippen molar-refractivity contribution in [3.05, 3.63) is 48.7 Å². The number of hydrogen-bond donors (Lipinski definition) is 2. The lowest BCUT2D eigenvalue weighted by atomic mass is 10.1. The minimum atomic E-state index is -0.290. The van der Waals surface area contributed by atoms with Crippen molar-refractivity contribution in [2.75, 3.05) is 6.54 Å². The molecule has 20 heavy (non-hydrogen) atoms. The van der Waals surface area contributed by atoms with Crippen LogP contribution in [0.3, 0.4) is 0 Å². The molecule has 2 aromatic rings. The molecular formula is C15H15N3OS. The molecule has 1 aromatic carbocycles. The topological polar surface area (TPSA) is 48.1 Å². The lowest BCUT2D eigenvalue weighted by molar-refractivity contribution is -0.126. The Bertz CT molecular complexity index is 691. The van der Waals surface area contributed by atoms with Crippen molar-refractivity contribution in [2.45, 2.75) is 12.5 Å². The van der Waals surface area contributed by atoms with Crippen molar-refractivity contribution >= 4 is 34.1 Å². The number of H-pyrrole nitrogens is 1. The molecule has 1 atom stereocenters. The molecule has 3 rings (SSSR count). The molecule has 1 saturated heterocycles. The number of rotatable bonds is 4. The van der Waals surface area contributed by atoms with Gasteiger partial charge in [0.15, 0.2) is 5.11 Å². The second kappa shape index (κ2) is 5.09. The van der Waals surface area contributed by atoms with E-state index in [2.05, 4.69) is 22.9 Å². The van der Waals surface area contributed by atoms with Crippen LogP contribution in [0.1, 0.15) is 5.56 Å². The lowest BCUT2D eigenvalue weighted by Gasteiger charge is -2.11. The minimum Gasteiger partial charge on any atom is -0.361 e. The summed E-state index contributed by atoms with van der Waals surface area (Å²) >= 11 is 5.19. The molecule has 1 aliphatic rings. The van der Waals surface area contributed by atoms with Gasteiger partial charge in [-0.1, -0.05) is 24.3 Å². The maximum Gasteiger partial charge on any atom is 0.251 e. The normalized spacial score (nSPS) is 18.6. The van der Waals surface area contributed by atoms with Crippen LogP contribution in [0.5, 0.6) is 0 Å². The Kier molecular flexibility index (Phi) is 3.28. The summed E-state index contributed by atoms with van der Waals surface area (Å²) in [4.78, 5) is 17.1. The highest BCUT2D eigenvalue weighted by Crippen LogP contribution is 2.21. The molecule has 1 amide bonds. The molecule has 1 aliphatic heterocycles. The van der Waals surface area contributed by atoms with Gasteiger partial charge in [-0.15, -0.1) is 6.58 Å². The van der Waals surface area contributed by atoms with Crippen molar-refractivity contribution < 1.29 is 4.79 Å². The Hall–Kier alpha value is -2.14. The van der Waals surface area contributed by atoms with Gasteiger partial charge in [-0.2, -0.15) is 0 Å². The number of amides is 1. The minimum absolute atomic E-state index is 0.0141. The van der Waals surface area contributed by atoms with Crippen LogP contribution in [0.15, 0.2) is 43.1 Å². The largest absolute Gasteiger partial charge is 0.361 e. The van der Waals surface area contributed by atoms with E-state index in [0.29, 0.717) is 18.1 Å². The van der Waals surface area contributed by atoms with Gasteiger partial charge in [-0.3, -0.25) is 9.69 Å². The molecule has 0 aliphatic carbocycles. The molecule has 0 unspecified atom stereocenters. The second-order valence-electron chi connectivity index (χ2n) is 4.80. The van der Waals surface area contributed by atoms with Crippen molar-refractivity contribution in [3.8, 4) is 0 Å². The number of thiocarbonyl (C=S) groups is 1. The van der Waals surface area contributed by atoms with Crippen LogP contribution in [0, 0.1) is 0 Å². The van der Waals surface area contributed by atoms with Crippen LogP contribution in [0.4, 0.5) is 0 Å². The van der Waals surface area contributed by atoms with Gasteiger partial charge in [-0.05, 0) is 23.8 Å². The number of benzene rings is 1. The number of aromatic nitrogens is 1. The fourth-order valence-corrected chi connectivity index (χ4v) is 2.84. The van der Waals surface area contributed by atoms with E-state index in [4.69, 9.17) is 12.2 Å². The molecule has 2 heterocycles. The first-order chi connectivity index (χ1) is 9.70. The number of carbonyl (C=O) groups is 1. The molecule has 5 heteroatoms. The molecule has 0 bridgehead atoms. The zero-order valence-corrected chi connectivity index (χ0v) is 11.7. The first-order valence-electron chi connectivity index (χ1n) is 6.48. The number of para-hydroxylation sites is 1. The third kappa shape index (κ3) is 2.10. The summed E-state index contributed by atoms with van der Waals surface area (Å²) < 4.78 is 0. The maximum absolute atomic E-state index is 12.3. The van der Waals surface area contributed by atoms with Crippen LogP contribution < -0.4 is 5.32 Å². The predicted molar refractivity (Wildman–Crippen MR) is 83.4 cm³/mol. The molecular weight excluding hydrogens is 270 g/mol. The van der Waals surface area contributed by atoms with Gasteiger partial charge >= 0.3 is 0 Å². The summed E-state index contributed by atoms with van der Waals surface area (Å²) in [6.45, 7) is 4.10. The lowest BCUT2D eigenvalue weighted by Crippen LogP contribution is -2.32. The Labute approximate surface area is 122 Å². The summed E-state index contributed by atoms with van der Waals surface area (Å²) in [6, 6.07) is 7.78. The number of nitrogens with one attached hydrogen (secondary N) is 2. The Balaban J connectivity index is 1.83. The number of fused-ring (bicyclic) bond motifs is 1. The number of nitrogens with zero attached hydrogens (tertiary/aromatic N) is 1. The van der Waals surface area contributed by atoms with Crippen LogP contribution >= 0.6 is 12.2 Å². The molecule has 102 valence electrons. The molecule has 1 fully saturated rings. The van der Waals surface area contributed by atoms with Crippen LogP contribution in [-0.4, -0.2) is 33.5 Å². The maximum atomic E-state index is 12.3. The summed E-state index contributed by atoms with van der Waals surface area (Å²) in [5, 5.41) is 4.72. The van der Waals surface area contributed by atoms with Gasteiger partial charge in [0.2, 0.25) is 0 Å². The van der Waals surface area contributed by atoms with E-state index in [0.717, 1.165) is 16.5 Å². The monoisotopic (exact) mass is 285 g/mol. The first-order valence-corrected chi connectivity index (χ1v) is 6.89. The second-order valence-corrected chi connectivity index (χ2v) is 5.19. The predicted octanol–water partition coefficient (Wildman–Crippen LogP) is 1.98. The van der Waals surface area contributed by atoms with Gasteiger partial charge in [-0.25, -0.2) is 0 Å². The third-order valence-corrected chi connectivity index (χ3v) is 3.86. The van der Waals surface area contributed by atoms with E-state index < -0.39 is 0 Å². The average Bonchev–Trinajstić information content (AvgIpc) is 2.97. The van der Waals surface area contributed by atoms with Gasteiger partial charge in [0, 0.05) is 30.1 Å². The van der Waals surface area contributed by atoms with Crippen molar-refractivity contribution in [1.82, 2.24) is 15.2 Å². The van der Waals surface area contributed by atoms with Crippen molar-refractivity contribution in [2.24, 2.45) is 0 Å². The van der Waals surface area contributed by atoms with Crippen LogP contribution in [0.2, 0.25) is 0 Å². The quantitative estimate of drug-likeness (QED) is 0.667. The first kappa shape index (κ1) is 12.9. The highest BCUT2D eigenvalue weighted by Gasteiger charge is 2.34. The smallest absolute Gasteiger partial charge is 0.251 e.